The number of quaternary nitrogens is 1. The van der Waals surface area contributed by atoms with Gasteiger partial charge >= 0.3 is 0 Å². The zero-order valence-electron chi connectivity index (χ0n) is 15.5. The highest BCUT2D eigenvalue weighted by molar-refractivity contribution is 8.00. The molecule has 0 unspecified atom stereocenters. The van der Waals surface area contributed by atoms with Crippen molar-refractivity contribution in [2.75, 3.05) is 32.1 Å². The minimum Gasteiger partial charge on any atom is -0.370 e. The zero-order chi connectivity index (χ0) is 19.1. The lowest BCUT2D eigenvalue weighted by Crippen LogP contribution is -3.15. The standard InChI is InChI=1S/C21H25ClN2O2S/c1-16(23-20(25)15-27-19-9-7-18(22)8-10-19)21(17-5-3-2-4-6-17)24-11-13-26-14-12-24/h2-10,16,21H,11-15H2,1H3,(H,23,25)/p+1/t16-,21-/m1/s1. The lowest BCUT2D eigenvalue weighted by molar-refractivity contribution is -0.940. The van der Waals surface area contributed by atoms with Gasteiger partial charge in [-0.25, -0.2) is 0 Å². The van der Waals surface area contributed by atoms with E-state index in [-0.39, 0.29) is 18.0 Å². The van der Waals surface area contributed by atoms with E-state index in [4.69, 9.17) is 16.3 Å². The van der Waals surface area contributed by atoms with Gasteiger partial charge in [0, 0.05) is 15.5 Å². The fraction of sp³-hybridized carbons (Fsp3) is 0.381. The summed E-state index contributed by atoms with van der Waals surface area (Å²) in [6.45, 7) is 5.56. The highest BCUT2D eigenvalue weighted by atomic mass is 35.5. The maximum Gasteiger partial charge on any atom is 0.230 e. The Bertz CT molecular complexity index is 721. The molecule has 1 aliphatic heterocycles. The smallest absolute Gasteiger partial charge is 0.230 e. The molecule has 2 N–H and O–H groups in total. The summed E-state index contributed by atoms with van der Waals surface area (Å²) in [5.41, 5.74) is 1.26. The number of carbonyl (C=O) groups is 1. The van der Waals surface area contributed by atoms with Crippen LogP contribution in [0.15, 0.2) is 59.5 Å². The van der Waals surface area contributed by atoms with E-state index < -0.39 is 0 Å². The van der Waals surface area contributed by atoms with Gasteiger partial charge in [-0.05, 0) is 31.2 Å². The molecule has 1 saturated heterocycles. The topological polar surface area (TPSA) is 42.8 Å². The van der Waals surface area contributed by atoms with Gasteiger partial charge in [-0.1, -0.05) is 41.9 Å². The molecule has 1 aliphatic rings. The molecule has 0 spiro atoms. The van der Waals surface area contributed by atoms with Crippen LogP contribution in [-0.2, 0) is 9.53 Å². The Kier molecular flexibility index (Phi) is 7.59. The van der Waals surface area contributed by atoms with Gasteiger partial charge in [-0.15, -0.1) is 11.8 Å². The Balaban J connectivity index is 1.61. The maximum absolute atomic E-state index is 12.5. The summed E-state index contributed by atoms with van der Waals surface area (Å²) in [5, 5.41) is 3.92. The number of amides is 1. The molecule has 0 aromatic heterocycles. The summed E-state index contributed by atoms with van der Waals surface area (Å²) in [5.74, 6) is 0.447. The third-order valence-corrected chi connectivity index (χ3v) is 6.07. The molecule has 0 saturated carbocycles. The normalized spacial score (nSPS) is 17.3. The van der Waals surface area contributed by atoms with Crippen molar-refractivity contribution < 1.29 is 14.4 Å². The molecule has 4 nitrogen and oxygen atoms in total. The van der Waals surface area contributed by atoms with Crippen LogP contribution in [0.1, 0.15) is 18.5 Å². The first kappa shape index (κ1) is 20.2. The molecule has 3 rings (SSSR count). The second-order valence-electron chi connectivity index (χ2n) is 6.76. The molecule has 2 atom stereocenters. The number of nitrogens with one attached hydrogen (secondary N) is 2. The van der Waals surface area contributed by atoms with E-state index in [0.717, 1.165) is 31.2 Å². The maximum atomic E-state index is 12.5. The highest BCUT2D eigenvalue weighted by Gasteiger charge is 2.32. The predicted octanol–water partition coefficient (Wildman–Crippen LogP) is 2.59. The van der Waals surface area contributed by atoms with Gasteiger partial charge in [0.15, 0.2) is 0 Å². The summed E-state index contributed by atoms with van der Waals surface area (Å²) >= 11 is 7.44. The van der Waals surface area contributed by atoms with E-state index in [1.165, 1.54) is 22.2 Å². The van der Waals surface area contributed by atoms with Crippen LogP contribution < -0.4 is 10.2 Å². The van der Waals surface area contributed by atoms with Crippen LogP contribution in [0, 0.1) is 0 Å². The summed E-state index contributed by atoms with van der Waals surface area (Å²) in [6, 6.07) is 18.3. The molecule has 6 heteroatoms. The molecular weight excluding hydrogens is 380 g/mol. The molecule has 27 heavy (non-hydrogen) atoms. The highest BCUT2D eigenvalue weighted by Crippen LogP contribution is 2.20. The van der Waals surface area contributed by atoms with Crippen molar-refractivity contribution in [1.29, 1.82) is 0 Å². The van der Waals surface area contributed by atoms with Crippen LogP contribution in [0.3, 0.4) is 0 Å². The predicted molar refractivity (Wildman–Crippen MR) is 110 cm³/mol. The molecule has 2 aromatic carbocycles. The average Bonchev–Trinajstić information content (AvgIpc) is 2.69. The molecule has 1 amide bonds. The van der Waals surface area contributed by atoms with E-state index in [2.05, 4.69) is 36.5 Å². The van der Waals surface area contributed by atoms with Crippen LogP contribution in [0.4, 0.5) is 0 Å². The third kappa shape index (κ3) is 5.98. The van der Waals surface area contributed by atoms with Crippen molar-refractivity contribution in [3.8, 4) is 0 Å². The zero-order valence-corrected chi connectivity index (χ0v) is 17.1. The van der Waals surface area contributed by atoms with Gasteiger partial charge in [-0.3, -0.25) is 4.79 Å². The van der Waals surface area contributed by atoms with Crippen molar-refractivity contribution in [1.82, 2.24) is 5.32 Å². The van der Waals surface area contributed by atoms with Gasteiger partial charge in [0.25, 0.3) is 0 Å². The van der Waals surface area contributed by atoms with Crippen LogP contribution in [0.5, 0.6) is 0 Å². The van der Waals surface area contributed by atoms with Crippen molar-refractivity contribution in [3.63, 3.8) is 0 Å². The first-order valence-corrected chi connectivity index (χ1v) is 10.6. The fourth-order valence-corrected chi connectivity index (χ4v) is 4.38. The molecular formula is C21H26ClN2O2S+. The van der Waals surface area contributed by atoms with E-state index in [1.807, 2.05) is 30.3 Å². The Morgan fingerprint density at radius 3 is 2.48 bits per heavy atom. The quantitative estimate of drug-likeness (QED) is 0.696. The van der Waals surface area contributed by atoms with Crippen LogP contribution in [-0.4, -0.2) is 44.0 Å². The molecule has 0 aliphatic carbocycles. The summed E-state index contributed by atoms with van der Waals surface area (Å²) in [4.78, 5) is 15.0. The minimum atomic E-state index is 0.0406. The first-order chi connectivity index (χ1) is 13.1. The molecule has 144 valence electrons. The molecule has 2 aromatic rings. The Morgan fingerprint density at radius 1 is 1.15 bits per heavy atom. The van der Waals surface area contributed by atoms with Gasteiger partial charge in [0.2, 0.25) is 5.91 Å². The van der Waals surface area contributed by atoms with Crippen LogP contribution >= 0.6 is 23.4 Å². The van der Waals surface area contributed by atoms with Crippen molar-refractivity contribution in [2.24, 2.45) is 0 Å². The van der Waals surface area contributed by atoms with E-state index in [0.29, 0.717) is 10.8 Å². The molecule has 1 heterocycles. The molecule has 0 radical (unpaired) electrons. The summed E-state index contributed by atoms with van der Waals surface area (Å²) in [6.07, 6.45) is 0. The van der Waals surface area contributed by atoms with Crippen molar-refractivity contribution in [3.05, 3.63) is 65.2 Å². The molecule has 1 fully saturated rings. The Labute approximate surface area is 170 Å². The summed E-state index contributed by atoms with van der Waals surface area (Å²) < 4.78 is 5.52. The number of ether oxygens (including phenoxy) is 1. The number of hydrogen-bond acceptors (Lipinski definition) is 3. The summed E-state index contributed by atoms with van der Waals surface area (Å²) in [7, 11) is 0. The van der Waals surface area contributed by atoms with Crippen molar-refractivity contribution in [2.45, 2.75) is 23.9 Å². The van der Waals surface area contributed by atoms with Crippen molar-refractivity contribution >= 4 is 29.3 Å². The Hall–Kier alpha value is -1.53. The number of morpholine rings is 1. The van der Waals surface area contributed by atoms with E-state index >= 15 is 0 Å². The second-order valence-corrected chi connectivity index (χ2v) is 8.24. The first-order valence-electron chi connectivity index (χ1n) is 9.28. The number of carbonyl (C=O) groups excluding carboxylic acids is 1. The number of hydrogen-bond donors (Lipinski definition) is 2. The number of thioether (sulfide) groups is 1. The van der Waals surface area contributed by atoms with Gasteiger partial charge < -0.3 is 15.0 Å². The van der Waals surface area contributed by atoms with E-state index in [9.17, 15) is 4.79 Å². The van der Waals surface area contributed by atoms with Gasteiger partial charge in [0.05, 0.1) is 25.0 Å². The lowest BCUT2D eigenvalue weighted by atomic mass is 9.98. The number of benzene rings is 2. The Morgan fingerprint density at radius 2 is 1.81 bits per heavy atom. The largest absolute Gasteiger partial charge is 0.370 e. The fourth-order valence-electron chi connectivity index (χ4n) is 3.54. The molecule has 0 bridgehead atoms. The average molecular weight is 406 g/mol. The third-order valence-electron chi connectivity index (χ3n) is 4.81. The lowest BCUT2D eigenvalue weighted by Gasteiger charge is -2.35. The van der Waals surface area contributed by atoms with Crippen LogP contribution in [0.2, 0.25) is 5.02 Å². The number of rotatable bonds is 7. The number of halogens is 1. The minimum absolute atomic E-state index is 0.0406. The van der Waals surface area contributed by atoms with Gasteiger partial charge in [0.1, 0.15) is 19.1 Å². The second kappa shape index (κ2) is 10.1. The van der Waals surface area contributed by atoms with E-state index in [1.54, 1.807) is 0 Å². The van der Waals surface area contributed by atoms with Gasteiger partial charge in [-0.2, -0.15) is 0 Å². The monoisotopic (exact) mass is 405 g/mol. The SMILES string of the molecule is C[C@@H](NC(=O)CSc1ccc(Cl)cc1)[C@H](c1ccccc1)[NH+]1CCOCC1. The van der Waals surface area contributed by atoms with Crippen LogP contribution in [0.25, 0.3) is 0 Å².